The van der Waals surface area contributed by atoms with Gasteiger partial charge in [0.05, 0.1) is 5.25 Å². The monoisotopic (exact) mass is 232 g/mol. The lowest BCUT2D eigenvalue weighted by Gasteiger charge is -2.43. The molecule has 2 rings (SSSR count). The summed E-state index contributed by atoms with van der Waals surface area (Å²) < 4.78 is 31.8. The van der Waals surface area contributed by atoms with Crippen LogP contribution in [0.3, 0.4) is 0 Å². The highest BCUT2D eigenvalue weighted by Crippen LogP contribution is 2.45. The Balaban J connectivity index is 2.21. The van der Waals surface area contributed by atoms with Crippen LogP contribution in [0.2, 0.25) is 0 Å². The molecular formula is C11H20O3S. The van der Waals surface area contributed by atoms with E-state index in [4.69, 9.17) is 0 Å². The van der Waals surface area contributed by atoms with Gasteiger partial charge in [0, 0.05) is 0 Å². The molecule has 0 radical (unpaired) electrons. The minimum absolute atomic E-state index is 0.220. The molecule has 2 aliphatic carbocycles. The van der Waals surface area contributed by atoms with Crippen molar-refractivity contribution in [1.29, 1.82) is 0 Å². The van der Waals surface area contributed by atoms with Gasteiger partial charge in [0.1, 0.15) is 0 Å². The van der Waals surface area contributed by atoms with Crippen molar-refractivity contribution in [2.24, 2.45) is 17.8 Å². The van der Waals surface area contributed by atoms with E-state index in [0.29, 0.717) is 18.3 Å². The van der Waals surface area contributed by atoms with Gasteiger partial charge in [-0.05, 0) is 43.4 Å². The first-order valence-corrected chi connectivity index (χ1v) is 7.47. The number of rotatable bonds is 1. The molecule has 2 fully saturated rings. The van der Waals surface area contributed by atoms with Crippen molar-refractivity contribution in [2.45, 2.75) is 50.7 Å². The summed E-state index contributed by atoms with van der Waals surface area (Å²) in [6, 6.07) is 0. The molecular weight excluding hydrogens is 212 g/mol. The summed E-state index contributed by atoms with van der Waals surface area (Å²) in [5, 5.41) is -0.473. The molecule has 0 spiro atoms. The zero-order valence-corrected chi connectivity index (χ0v) is 10.0. The molecule has 4 heteroatoms. The van der Waals surface area contributed by atoms with E-state index in [9.17, 15) is 13.0 Å². The highest BCUT2D eigenvalue weighted by Gasteiger charge is 2.43. The zero-order chi connectivity index (χ0) is 11.1. The molecule has 88 valence electrons. The first kappa shape index (κ1) is 11.4. The van der Waals surface area contributed by atoms with Crippen LogP contribution in [0.4, 0.5) is 0 Å². The van der Waals surface area contributed by atoms with Crippen LogP contribution < -0.4 is 0 Å². The second kappa shape index (κ2) is 4.06. The van der Waals surface area contributed by atoms with E-state index in [1.807, 2.05) is 0 Å². The average molecular weight is 232 g/mol. The average Bonchev–Trinajstić information content (AvgIpc) is 2.17. The highest BCUT2D eigenvalue weighted by molar-refractivity contribution is 7.86. The first-order valence-electron chi connectivity index (χ1n) is 5.96. The molecule has 0 aromatic rings. The molecule has 2 saturated carbocycles. The van der Waals surface area contributed by atoms with E-state index >= 15 is 0 Å². The second-order valence-electron chi connectivity index (χ2n) is 5.22. The maximum absolute atomic E-state index is 11.3. The van der Waals surface area contributed by atoms with Gasteiger partial charge in [0.2, 0.25) is 0 Å². The van der Waals surface area contributed by atoms with E-state index in [1.165, 1.54) is 6.42 Å². The largest absolute Gasteiger partial charge is 0.285 e. The molecule has 2 aliphatic rings. The normalized spacial score (nSPS) is 42.3. The lowest BCUT2D eigenvalue weighted by atomic mass is 9.66. The van der Waals surface area contributed by atoms with Crippen LogP contribution in [0.5, 0.6) is 0 Å². The van der Waals surface area contributed by atoms with Crippen LogP contribution in [-0.4, -0.2) is 18.2 Å². The van der Waals surface area contributed by atoms with Crippen molar-refractivity contribution in [1.82, 2.24) is 0 Å². The van der Waals surface area contributed by atoms with Crippen LogP contribution in [0.1, 0.15) is 45.4 Å². The maximum atomic E-state index is 11.3. The molecule has 0 saturated heterocycles. The third kappa shape index (κ3) is 2.21. The van der Waals surface area contributed by atoms with Gasteiger partial charge in [-0.15, -0.1) is 0 Å². The van der Waals surface area contributed by atoms with Gasteiger partial charge in [-0.3, -0.25) is 4.55 Å². The Morgan fingerprint density at radius 2 is 1.60 bits per heavy atom. The topological polar surface area (TPSA) is 54.4 Å². The van der Waals surface area contributed by atoms with Crippen LogP contribution in [-0.2, 0) is 10.1 Å². The Bertz CT molecular complexity index is 323. The summed E-state index contributed by atoms with van der Waals surface area (Å²) in [6.07, 6.45) is 6.09. The predicted octanol–water partition coefficient (Wildman–Crippen LogP) is 2.48. The molecule has 0 aromatic carbocycles. The Hall–Kier alpha value is -0.0900. The van der Waals surface area contributed by atoms with E-state index in [-0.39, 0.29) is 5.92 Å². The molecule has 0 amide bonds. The van der Waals surface area contributed by atoms with E-state index in [1.54, 1.807) is 0 Å². The van der Waals surface area contributed by atoms with Gasteiger partial charge in [0.15, 0.2) is 0 Å². The van der Waals surface area contributed by atoms with E-state index in [2.05, 4.69) is 6.92 Å². The van der Waals surface area contributed by atoms with Gasteiger partial charge in [-0.2, -0.15) is 8.42 Å². The minimum Gasteiger partial charge on any atom is -0.285 e. The van der Waals surface area contributed by atoms with Crippen LogP contribution >= 0.6 is 0 Å². The zero-order valence-electron chi connectivity index (χ0n) is 9.22. The molecule has 1 N–H and O–H groups in total. The minimum atomic E-state index is -3.82. The summed E-state index contributed by atoms with van der Waals surface area (Å²) in [5.41, 5.74) is 0. The molecule has 15 heavy (non-hydrogen) atoms. The number of hydrogen-bond donors (Lipinski definition) is 1. The summed E-state index contributed by atoms with van der Waals surface area (Å²) in [6.45, 7) is 2.23. The van der Waals surface area contributed by atoms with Gasteiger partial charge >= 0.3 is 0 Å². The number of fused-ring (bicyclic) bond motifs is 1. The number of hydrogen-bond acceptors (Lipinski definition) is 2. The predicted molar refractivity (Wildman–Crippen MR) is 59.2 cm³/mol. The Labute approximate surface area is 92.0 Å². The van der Waals surface area contributed by atoms with Crippen LogP contribution in [0.25, 0.3) is 0 Å². The summed E-state index contributed by atoms with van der Waals surface area (Å²) >= 11 is 0. The fourth-order valence-electron chi connectivity index (χ4n) is 3.58. The maximum Gasteiger partial charge on any atom is 0.268 e. The second-order valence-corrected chi connectivity index (χ2v) is 6.86. The summed E-state index contributed by atoms with van der Waals surface area (Å²) in [4.78, 5) is 0. The quantitative estimate of drug-likeness (QED) is 0.707. The fourth-order valence-corrected chi connectivity index (χ4v) is 4.80. The van der Waals surface area contributed by atoms with Gasteiger partial charge in [-0.25, -0.2) is 0 Å². The molecule has 0 aromatic heterocycles. The van der Waals surface area contributed by atoms with Gasteiger partial charge in [-0.1, -0.05) is 19.8 Å². The Kier molecular flexibility index (Phi) is 3.08. The molecule has 0 aliphatic heterocycles. The Morgan fingerprint density at radius 3 is 2.20 bits per heavy atom. The van der Waals surface area contributed by atoms with Crippen molar-refractivity contribution < 1.29 is 13.0 Å². The molecule has 4 atom stereocenters. The third-order valence-corrected chi connectivity index (χ3v) is 5.72. The van der Waals surface area contributed by atoms with Gasteiger partial charge < -0.3 is 0 Å². The van der Waals surface area contributed by atoms with Gasteiger partial charge in [0.25, 0.3) is 10.1 Å². The van der Waals surface area contributed by atoms with Crippen molar-refractivity contribution in [3.8, 4) is 0 Å². The van der Waals surface area contributed by atoms with Crippen LogP contribution in [0, 0.1) is 17.8 Å². The SMILES string of the molecule is CC1CCC(S(=O)(=O)O)C2CCCCC12. The third-order valence-electron chi connectivity index (χ3n) is 4.37. The highest BCUT2D eigenvalue weighted by atomic mass is 32.2. The lowest BCUT2D eigenvalue weighted by Crippen LogP contribution is -2.42. The van der Waals surface area contributed by atoms with E-state index in [0.717, 1.165) is 25.7 Å². The summed E-state index contributed by atoms with van der Waals surface area (Å²) in [5.74, 6) is 1.38. The van der Waals surface area contributed by atoms with E-state index < -0.39 is 15.4 Å². The molecule has 4 unspecified atom stereocenters. The van der Waals surface area contributed by atoms with Crippen molar-refractivity contribution in [3.63, 3.8) is 0 Å². The molecule has 0 heterocycles. The smallest absolute Gasteiger partial charge is 0.268 e. The van der Waals surface area contributed by atoms with Crippen molar-refractivity contribution in [3.05, 3.63) is 0 Å². The summed E-state index contributed by atoms with van der Waals surface area (Å²) in [7, 11) is -3.82. The fraction of sp³-hybridized carbons (Fsp3) is 1.00. The lowest BCUT2D eigenvalue weighted by molar-refractivity contribution is 0.114. The Morgan fingerprint density at radius 1 is 1.00 bits per heavy atom. The molecule has 3 nitrogen and oxygen atoms in total. The van der Waals surface area contributed by atoms with Crippen molar-refractivity contribution >= 4 is 10.1 Å². The van der Waals surface area contributed by atoms with Crippen LogP contribution in [0.15, 0.2) is 0 Å². The molecule has 0 bridgehead atoms. The van der Waals surface area contributed by atoms with Crippen molar-refractivity contribution in [2.75, 3.05) is 0 Å². The first-order chi connectivity index (χ1) is 7.00. The standard InChI is InChI=1S/C11H20O3S/c1-8-6-7-11(15(12,13)14)10-5-3-2-4-9(8)10/h8-11H,2-7H2,1H3,(H,12,13,14).